The molecule has 2 atom stereocenters. The summed E-state index contributed by atoms with van der Waals surface area (Å²) in [6, 6.07) is -0.620. The number of carbonyl (C=O) groups excluding carboxylic acids is 2. The van der Waals surface area contributed by atoms with Crippen molar-refractivity contribution in [2.24, 2.45) is 16.1 Å². The Balaban J connectivity index is 3.25. The summed E-state index contributed by atoms with van der Waals surface area (Å²) in [5.74, 6) is 1.99. The number of hydrogen-bond acceptors (Lipinski definition) is 5. The number of carbonyl (C=O) groups is 2. The first-order chi connectivity index (χ1) is 13.2. The van der Waals surface area contributed by atoms with Crippen LogP contribution >= 0.6 is 0 Å². The van der Waals surface area contributed by atoms with Crippen LogP contribution in [-0.2, 0) is 9.59 Å². The zero-order valence-corrected chi connectivity index (χ0v) is 16.9. The Kier molecular flexibility index (Phi) is 8.32. The van der Waals surface area contributed by atoms with Crippen molar-refractivity contribution in [3.05, 3.63) is 30.6 Å². The van der Waals surface area contributed by atoms with E-state index in [4.69, 9.17) is 12.2 Å². The molecular formula is C20H28N6O2. The zero-order chi connectivity index (χ0) is 21.3. The number of amides is 1. The minimum absolute atomic E-state index is 0.0444. The van der Waals surface area contributed by atoms with Crippen molar-refractivity contribution in [1.82, 2.24) is 20.3 Å². The monoisotopic (exact) mass is 384 g/mol. The molecule has 150 valence electrons. The quantitative estimate of drug-likeness (QED) is 0.277. The highest BCUT2D eigenvalue weighted by molar-refractivity contribution is 6.11. The van der Waals surface area contributed by atoms with Crippen molar-refractivity contribution < 1.29 is 9.59 Å². The van der Waals surface area contributed by atoms with Gasteiger partial charge in [-0.15, -0.1) is 11.2 Å². The molecule has 28 heavy (non-hydrogen) atoms. The Morgan fingerprint density at radius 2 is 2.04 bits per heavy atom. The number of aliphatic imine (C=N–C) groups is 1. The van der Waals surface area contributed by atoms with E-state index in [9.17, 15) is 9.59 Å². The standard InChI is InChI=1S/C20H28N6O2/c1-7-11-16(27)15(9-3)24-19(28)20(6,10-4)18(21)25-17(14(5)8-2)26-22-12-13-23-26/h4,8,12-13,15H,2,7,9,11H2,1,3,5-6H3,(H2,21,25)(H,24,28)/b17-14-/t15-,20?/m1/s1. The van der Waals surface area contributed by atoms with Crippen molar-refractivity contribution in [3.8, 4) is 12.3 Å². The molecule has 1 unspecified atom stereocenters. The van der Waals surface area contributed by atoms with Crippen molar-refractivity contribution >= 4 is 23.3 Å². The molecule has 0 aliphatic carbocycles. The van der Waals surface area contributed by atoms with Gasteiger partial charge in [0.1, 0.15) is 5.84 Å². The molecule has 0 fully saturated rings. The summed E-state index contributed by atoms with van der Waals surface area (Å²) < 4.78 is 0. The highest BCUT2D eigenvalue weighted by atomic mass is 16.2. The van der Waals surface area contributed by atoms with Gasteiger partial charge in [-0.1, -0.05) is 32.4 Å². The number of amidine groups is 1. The highest BCUT2D eigenvalue weighted by Crippen LogP contribution is 2.20. The van der Waals surface area contributed by atoms with E-state index in [1.54, 1.807) is 13.0 Å². The van der Waals surface area contributed by atoms with Gasteiger partial charge in [-0.2, -0.15) is 10.2 Å². The van der Waals surface area contributed by atoms with E-state index in [1.807, 2.05) is 13.8 Å². The van der Waals surface area contributed by atoms with Crippen LogP contribution in [0.15, 0.2) is 35.6 Å². The number of nitrogens with two attached hydrogens (primary N) is 1. The summed E-state index contributed by atoms with van der Waals surface area (Å²) >= 11 is 0. The Labute approximate surface area is 166 Å². The molecule has 0 aromatic carbocycles. The smallest absolute Gasteiger partial charge is 0.246 e. The first-order valence-electron chi connectivity index (χ1n) is 9.11. The maximum Gasteiger partial charge on any atom is 0.246 e. The molecule has 8 heteroatoms. The second-order valence-electron chi connectivity index (χ2n) is 6.45. The summed E-state index contributed by atoms with van der Waals surface area (Å²) in [4.78, 5) is 30.7. The molecule has 0 spiro atoms. The summed E-state index contributed by atoms with van der Waals surface area (Å²) in [6.07, 6.45) is 11.7. The fourth-order valence-electron chi connectivity index (χ4n) is 2.32. The lowest BCUT2D eigenvalue weighted by atomic mass is 9.88. The van der Waals surface area contributed by atoms with E-state index in [1.165, 1.54) is 24.1 Å². The average Bonchev–Trinajstić information content (AvgIpc) is 3.22. The number of nitrogens with zero attached hydrogens (tertiary/aromatic N) is 4. The SMILES string of the molecule is C#CC(C)(C(=O)N[C@H](CC)C(=O)CCC)/C(N)=N\C(=C(/C)C=C)n1nccn1. The van der Waals surface area contributed by atoms with Crippen LogP contribution in [0.1, 0.15) is 47.0 Å². The first-order valence-corrected chi connectivity index (χ1v) is 9.11. The molecule has 8 nitrogen and oxygen atoms in total. The molecule has 3 N–H and O–H groups in total. The number of aromatic nitrogens is 3. The Hall–Kier alpha value is -3.21. The Bertz CT molecular complexity index is 816. The largest absolute Gasteiger partial charge is 0.385 e. The number of nitrogens with one attached hydrogen (secondary N) is 1. The Morgan fingerprint density at radius 3 is 2.50 bits per heavy atom. The summed E-state index contributed by atoms with van der Waals surface area (Å²) in [6.45, 7) is 10.7. The van der Waals surface area contributed by atoms with E-state index in [0.717, 1.165) is 0 Å². The minimum Gasteiger partial charge on any atom is -0.385 e. The fraction of sp³-hybridized carbons (Fsp3) is 0.450. The van der Waals surface area contributed by atoms with E-state index < -0.39 is 17.4 Å². The van der Waals surface area contributed by atoms with Crippen LogP contribution in [0.4, 0.5) is 0 Å². The van der Waals surface area contributed by atoms with Crippen LogP contribution in [0.3, 0.4) is 0 Å². The third kappa shape index (κ3) is 5.16. The van der Waals surface area contributed by atoms with Crippen LogP contribution in [0, 0.1) is 17.8 Å². The molecule has 0 saturated heterocycles. The van der Waals surface area contributed by atoms with Gasteiger partial charge in [0.15, 0.2) is 17.0 Å². The van der Waals surface area contributed by atoms with Gasteiger partial charge < -0.3 is 11.1 Å². The predicted molar refractivity (Wildman–Crippen MR) is 110 cm³/mol. The maximum absolute atomic E-state index is 12.9. The van der Waals surface area contributed by atoms with Gasteiger partial charge in [0, 0.05) is 6.42 Å². The molecule has 1 heterocycles. The maximum atomic E-state index is 12.9. The van der Waals surface area contributed by atoms with Gasteiger partial charge >= 0.3 is 0 Å². The summed E-state index contributed by atoms with van der Waals surface area (Å²) in [5.41, 5.74) is 5.23. The predicted octanol–water partition coefficient (Wildman–Crippen LogP) is 1.91. The number of allylic oxidation sites excluding steroid dienone is 2. The lowest BCUT2D eigenvalue weighted by Crippen LogP contribution is -2.52. The molecule has 0 radical (unpaired) electrons. The highest BCUT2D eigenvalue weighted by Gasteiger charge is 2.38. The van der Waals surface area contributed by atoms with E-state index in [2.05, 4.69) is 33.0 Å². The van der Waals surface area contributed by atoms with Crippen LogP contribution in [0.25, 0.3) is 5.82 Å². The number of ketones is 1. The second-order valence-corrected chi connectivity index (χ2v) is 6.45. The normalized spacial score (nSPS) is 15.6. The third-order valence-corrected chi connectivity index (χ3v) is 4.35. The lowest BCUT2D eigenvalue weighted by molar-refractivity contribution is -0.130. The van der Waals surface area contributed by atoms with Gasteiger partial charge in [0.05, 0.1) is 18.4 Å². The van der Waals surface area contributed by atoms with Gasteiger partial charge in [0.25, 0.3) is 0 Å². The summed E-state index contributed by atoms with van der Waals surface area (Å²) in [5, 5.41) is 10.8. The van der Waals surface area contributed by atoms with Crippen LogP contribution in [0.5, 0.6) is 0 Å². The lowest BCUT2D eigenvalue weighted by Gasteiger charge is -2.25. The van der Waals surface area contributed by atoms with Gasteiger partial charge in [-0.25, -0.2) is 4.99 Å². The number of rotatable bonds is 10. The van der Waals surface area contributed by atoms with Crippen LogP contribution < -0.4 is 11.1 Å². The van der Waals surface area contributed by atoms with Crippen molar-refractivity contribution in [1.29, 1.82) is 0 Å². The first kappa shape index (κ1) is 22.8. The average molecular weight is 384 g/mol. The summed E-state index contributed by atoms with van der Waals surface area (Å²) in [7, 11) is 0. The molecule has 1 aromatic heterocycles. The van der Waals surface area contributed by atoms with Crippen LogP contribution in [0.2, 0.25) is 0 Å². The van der Waals surface area contributed by atoms with Gasteiger partial charge in [-0.3, -0.25) is 9.59 Å². The molecule has 0 aliphatic heterocycles. The molecule has 0 aliphatic rings. The van der Waals surface area contributed by atoms with E-state index >= 15 is 0 Å². The van der Waals surface area contributed by atoms with Gasteiger partial charge in [0.2, 0.25) is 5.91 Å². The molecule has 0 saturated carbocycles. The topological polar surface area (TPSA) is 115 Å². The van der Waals surface area contributed by atoms with Crippen molar-refractivity contribution in [3.63, 3.8) is 0 Å². The molecule has 1 aromatic rings. The van der Waals surface area contributed by atoms with E-state index in [-0.39, 0.29) is 11.6 Å². The molecular weight excluding hydrogens is 356 g/mol. The second kappa shape index (κ2) is 10.2. The minimum atomic E-state index is -1.56. The van der Waals surface area contributed by atoms with E-state index in [0.29, 0.717) is 30.7 Å². The Morgan fingerprint density at radius 1 is 1.43 bits per heavy atom. The molecule has 0 bridgehead atoms. The number of terminal acetylenes is 1. The van der Waals surface area contributed by atoms with Crippen molar-refractivity contribution in [2.75, 3.05) is 0 Å². The number of hydrogen-bond donors (Lipinski definition) is 2. The fourth-order valence-corrected chi connectivity index (χ4v) is 2.32. The third-order valence-electron chi connectivity index (χ3n) is 4.35. The molecule has 1 amide bonds. The number of Topliss-reactive ketones (excluding diaryl/α,β-unsaturated/α-hetero) is 1. The molecule has 1 rings (SSSR count). The van der Waals surface area contributed by atoms with Gasteiger partial charge in [-0.05, 0) is 32.3 Å². The van der Waals surface area contributed by atoms with Crippen molar-refractivity contribution in [2.45, 2.75) is 53.0 Å². The zero-order valence-electron chi connectivity index (χ0n) is 16.9. The van der Waals surface area contributed by atoms with Crippen LogP contribution in [-0.4, -0.2) is 38.6 Å².